The number of thioether (sulfide) groups is 1. The normalized spacial score (nSPS) is 20.9. The van der Waals surface area contributed by atoms with E-state index in [-0.39, 0.29) is 5.91 Å². The number of hydrogen-bond acceptors (Lipinski definition) is 4. The van der Waals surface area contributed by atoms with E-state index < -0.39 is 0 Å². The van der Waals surface area contributed by atoms with Gasteiger partial charge in [-0.2, -0.15) is 0 Å². The van der Waals surface area contributed by atoms with Crippen molar-refractivity contribution in [3.63, 3.8) is 0 Å². The van der Waals surface area contributed by atoms with Crippen LogP contribution < -0.4 is 0 Å². The highest BCUT2D eigenvalue weighted by molar-refractivity contribution is 8.18. The van der Waals surface area contributed by atoms with Gasteiger partial charge in [-0.15, -0.1) is 0 Å². The van der Waals surface area contributed by atoms with Crippen LogP contribution in [0.4, 0.5) is 5.69 Å². The van der Waals surface area contributed by atoms with Crippen molar-refractivity contribution in [2.45, 2.75) is 12.8 Å². The zero-order valence-electron chi connectivity index (χ0n) is 15.7. The fraction of sp³-hybridized carbons (Fsp3) is 0.217. The van der Waals surface area contributed by atoms with Crippen molar-refractivity contribution in [3.8, 4) is 0 Å². The van der Waals surface area contributed by atoms with Gasteiger partial charge in [0, 0.05) is 0 Å². The second-order valence-corrected chi connectivity index (χ2v) is 7.84. The number of hydrogen-bond donors (Lipinski definition) is 0. The summed E-state index contributed by atoms with van der Waals surface area (Å²) in [5, 5.41) is 0.752. The van der Waals surface area contributed by atoms with Gasteiger partial charge in [0.05, 0.1) is 17.3 Å². The van der Waals surface area contributed by atoms with E-state index in [1.54, 1.807) is 0 Å². The molecule has 2 saturated heterocycles. The number of amidine groups is 1. The van der Waals surface area contributed by atoms with Crippen LogP contribution in [-0.4, -0.2) is 40.6 Å². The fourth-order valence-electron chi connectivity index (χ4n) is 3.28. The molecule has 1 amide bonds. The van der Waals surface area contributed by atoms with Crippen LogP contribution in [0.3, 0.4) is 0 Å². The fourth-order valence-corrected chi connectivity index (χ4v) is 4.22. The number of allylic oxidation sites excluding steroid dienone is 2. The van der Waals surface area contributed by atoms with Crippen molar-refractivity contribution in [2.75, 3.05) is 19.8 Å². The predicted molar refractivity (Wildman–Crippen MR) is 117 cm³/mol. The van der Waals surface area contributed by atoms with Crippen molar-refractivity contribution >= 4 is 34.6 Å². The Kier molecular flexibility index (Phi) is 6.04. The molecule has 0 saturated carbocycles. The maximum absolute atomic E-state index is 13.0. The molecule has 2 aromatic rings. The third-order valence-electron chi connectivity index (χ3n) is 4.74. The molecule has 0 aliphatic carbocycles. The van der Waals surface area contributed by atoms with Crippen LogP contribution in [0.1, 0.15) is 18.4 Å². The third kappa shape index (κ3) is 4.61. The lowest BCUT2D eigenvalue weighted by atomic mass is 10.2. The maximum Gasteiger partial charge on any atom is 0.267 e. The molecule has 0 unspecified atom stereocenters. The average molecular weight is 390 g/mol. The van der Waals surface area contributed by atoms with E-state index in [4.69, 9.17) is 4.99 Å². The highest BCUT2D eigenvalue weighted by Crippen LogP contribution is 2.33. The molecule has 4 rings (SSSR count). The number of benzene rings is 2. The number of aliphatic imine (C=N–C) groups is 1. The van der Waals surface area contributed by atoms with Gasteiger partial charge >= 0.3 is 0 Å². The second-order valence-electron chi connectivity index (χ2n) is 6.83. The van der Waals surface area contributed by atoms with Crippen molar-refractivity contribution in [3.05, 3.63) is 83.3 Å². The van der Waals surface area contributed by atoms with Crippen LogP contribution in [0.5, 0.6) is 0 Å². The van der Waals surface area contributed by atoms with Crippen molar-refractivity contribution < 1.29 is 4.79 Å². The first-order valence-electron chi connectivity index (χ1n) is 9.59. The van der Waals surface area contributed by atoms with Gasteiger partial charge in [-0.25, -0.2) is 4.99 Å². The molecule has 2 aliphatic heterocycles. The minimum Gasteiger partial charge on any atom is -0.286 e. The van der Waals surface area contributed by atoms with E-state index in [1.807, 2.05) is 83.8 Å². The lowest BCUT2D eigenvalue weighted by Crippen LogP contribution is -2.39. The SMILES string of the molecule is O=C1/C(=C/C=C/c2ccccc2)SC(=Nc2ccccc2)N1CN1CCCC1. The van der Waals surface area contributed by atoms with Crippen LogP contribution in [-0.2, 0) is 4.79 Å². The molecule has 2 fully saturated rings. The Bertz CT molecular complexity index is 900. The number of carbonyl (C=O) groups is 1. The summed E-state index contributed by atoms with van der Waals surface area (Å²) in [7, 11) is 0. The number of rotatable bonds is 5. The second kappa shape index (κ2) is 9.04. The van der Waals surface area contributed by atoms with E-state index >= 15 is 0 Å². The van der Waals surface area contributed by atoms with Crippen LogP contribution in [0.2, 0.25) is 0 Å². The van der Waals surface area contributed by atoms with Gasteiger partial charge < -0.3 is 0 Å². The summed E-state index contributed by atoms with van der Waals surface area (Å²) in [5.74, 6) is 0.0318. The predicted octanol–water partition coefficient (Wildman–Crippen LogP) is 4.90. The van der Waals surface area contributed by atoms with Gasteiger partial charge in [-0.3, -0.25) is 14.6 Å². The van der Waals surface area contributed by atoms with E-state index in [0.29, 0.717) is 11.6 Å². The van der Waals surface area contributed by atoms with E-state index in [2.05, 4.69) is 4.90 Å². The molecule has 0 bridgehead atoms. The van der Waals surface area contributed by atoms with Gasteiger partial charge in [-0.05, 0) is 61.5 Å². The molecule has 5 heteroatoms. The van der Waals surface area contributed by atoms with E-state index in [9.17, 15) is 4.79 Å². The Balaban J connectivity index is 1.57. The molecule has 0 spiro atoms. The Morgan fingerprint density at radius 2 is 1.64 bits per heavy atom. The zero-order chi connectivity index (χ0) is 19.2. The summed E-state index contributed by atoms with van der Waals surface area (Å²) in [5.41, 5.74) is 1.98. The Hall–Kier alpha value is -2.63. The number of amides is 1. The number of para-hydroxylation sites is 1. The molecule has 142 valence electrons. The minimum atomic E-state index is 0.0318. The molecule has 2 aromatic carbocycles. The maximum atomic E-state index is 13.0. The molecule has 28 heavy (non-hydrogen) atoms. The van der Waals surface area contributed by atoms with Crippen LogP contribution in [0.15, 0.2) is 82.7 Å². The molecule has 4 nitrogen and oxygen atoms in total. The lowest BCUT2D eigenvalue weighted by Gasteiger charge is -2.22. The Morgan fingerprint density at radius 1 is 0.964 bits per heavy atom. The van der Waals surface area contributed by atoms with Gasteiger partial charge in [-0.1, -0.05) is 60.7 Å². The molecule has 2 aliphatic rings. The number of nitrogens with zero attached hydrogens (tertiary/aromatic N) is 3. The quantitative estimate of drug-likeness (QED) is 0.683. The number of carbonyl (C=O) groups excluding carboxylic acids is 1. The van der Waals surface area contributed by atoms with Crippen molar-refractivity contribution in [1.29, 1.82) is 0 Å². The summed E-state index contributed by atoms with van der Waals surface area (Å²) in [6.45, 7) is 2.69. The van der Waals surface area contributed by atoms with E-state index in [0.717, 1.165) is 29.5 Å². The van der Waals surface area contributed by atoms with Gasteiger partial charge in [0.15, 0.2) is 5.17 Å². The molecular formula is C23H23N3OS. The molecule has 0 radical (unpaired) electrons. The molecule has 0 atom stereocenters. The van der Waals surface area contributed by atoms with E-state index in [1.165, 1.54) is 24.6 Å². The summed E-state index contributed by atoms with van der Waals surface area (Å²) < 4.78 is 0. The summed E-state index contributed by atoms with van der Waals surface area (Å²) >= 11 is 1.45. The average Bonchev–Trinajstić information content (AvgIpc) is 3.34. The Morgan fingerprint density at radius 3 is 2.36 bits per heavy atom. The monoisotopic (exact) mass is 389 g/mol. The molecular weight excluding hydrogens is 366 g/mol. The molecule has 0 N–H and O–H groups in total. The van der Waals surface area contributed by atoms with Crippen molar-refractivity contribution in [1.82, 2.24) is 9.80 Å². The number of likely N-dealkylation sites (tertiary alicyclic amines) is 1. The van der Waals surface area contributed by atoms with Crippen LogP contribution in [0, 0.1) is 0 Å². The standard InChI is InChI=1S/C23H23N3OS/c27-22-21(15-9-12-19-10-3-1-4-11-19)28-23(24-20-13-5-2-6-14-20)26(22)18-25-16-7-8-17-25/h1-6,9-15H,7-8,16-18H2/b12-9+,21-15-,24-23?. The topological polar surface area (TPSA) is 35.9 Å². The summed E-state index contributed by atoms with van der Waals surface area (Å²) in [6, 6.07) is 19.9. The molecule has 2 heterocycles. The van der Waals surface area contributed by atoms with Crippen LogP contribution in [0.25, 0.3) is 6.08 Å². The minimum absolute atomic E-state index is 0.0318. The van der Waals surface area contributed by atoms with Gasteiger partial charge in [0.25, 0.3) is 5.91 Å². The largest absolute Gasteiger partial charge is 0.286 e. The first-order chi connectivity index (χ1) is 13.8. The first kappa shape index (κ1) is 18.7. The molecule has 0 aromatic heterocycles. The highest BCUT2D eigenvalue weighted by Gasteiger charge is 2.34. The zero-order valence-corrected chi connectivity index (χ0v) is 16.5. The first-order valence-corrected chi connectivity index (χ1v) is 10.4. The third-order valence-corrected chi connectivity index (χ3v) is 5.77. The van der Waals surface area contributed by atoms with Crippen LogP contribution >= 0.6 is 11.8 Å². The summed E-state index contributed by atoms with van der Waals surface area (Å²) in [4.78, 5) is 22.6. The summed E-state index contributed by atoms with van der Waals surface area (Å²) in [6.07, 6.45) is 8.24. The highest BCUT2D eigenvalue weighted by atomic mass is 32.2. The smallest absolute Gasteiger partial charge is 0.267 e. The lowest BCUT2D eigenvalue weighted by molar-refractivity contribution is -0.123. The Labute approximate surface area is 170 Å². The van der Waals surface area contributed by atoms with Gasteiger partial charge in [0.1, 0.15) is 0 Å². The van der Waals surface area contributed by atoms with Crippen molar-refractivity contribution in [2.24, 2.45) is 4.99 Å². The van der Waals surface area contributed by atoms with Gasteiger partial charge in [0.2, 0.25) is 0 Å².